The number of carbonyl (C=O) groups is 1. The lowest BCUT2D eigenvalue weighted by molar-refractivity contribution is -0.116. The summed E-state index contributed by atoms with van der Waals surface area (Å²) in [6, 6.07) is 3.88. The summed E-state index contributed by atoms with van der Waals surface area (Å²) in [6.45, 7) is 4.53. The summed E-state index contributed by atoms with van der Waals surface area (Å²) in [4.78, 5) is 11.4. The van der Waals surface area contributed by atoms with Gasteiger partial charge in [-0.25, -0.2) is 0 Å². The summed E-state index contributed by atoms with van der Waals surface area (Å²) in [5.41, 5.74) is 9.65. The Hall–Kier alpha value is -1.62. The lowest BCUT2D eigenvalue weighted by atomic mass is 10.0. The lowest BCUT2D eigenvalue weighted by Gasteiger charge is -2.19. The highest BCUT2D eigenvalue weighted by molar-refractivity contribution is 7.99. The van der Waals surface area contributed by atoms with Gasteiger partial charge in [-0.1, -0.05) is 6.08 Å². The lowest BCUT2D eigenvalue weighted by Crippen LogP contribution is -2.19. The molecule has 0 saturated heterocycles. The van der Waals surface area contributed by atoms with Crippen LogP contribution in [0.1, 0.15) is 12.0 Å². The molecule has 0 atom stereocenters. The Bertz CT molecular complexity index is 488. The zero-order valence-corrected chi connectivity index (χ0v) is 11.7. The molecule has 1 aromatic rings. The number of carbonyl (C=O) groups excluding carboxylic acids is 1. The van der Waals surface area contributed by atoms with Crippen molar-refractivity contribution < 1.29 is 4.79 Å². The third kappa shape index (κ3) is 3.67. The van der Waals surface area contributed by atoms with E-state index < -0.39 is 0 Å². The van der Waals surface area contributed by atoms with Crippen molar-refractivity contribution in [2.45, 2.75) is 12.8 Å². The first-order valence-corrected chi connectivity index (χ1v) is 7.51. The number of thioether (sulfide) groups is 1. The molecule has 0 unspecified atom stereocenters. The average Bonchev–Trinajstić information content (AvgIpc) is 2.39. The van der Waals surface area contributed by atoms with E-state index in [-0.39, 0.29) is 5.91 Å². The van der Waals surface area contributed by atoms with E-state index in [1.165, 1.54) is 0 Å². The van der Waals surface area contributed by atoms with Crippen LogP contribution >= 0.6 is 11.8 Å². The summed E-state index contributed by atoms with van der Waals surface area (Å²) >= 11 is 1.82. The number of hydrogen-bond acceptors (Lipinski definition) is 4. The van der Waals surface area contributed by atoms with E-state index in [1.54, 1.807) is 0 Å². The number of benzene rings is 1. The van der Waals surface area contributed by atoms with Crippen molar-refractivity contribution >= 4 is 34.7 Å². The first kappa shape index (κ1) is 13.8. The SMILES string of the molecule is C=CCSCCNc1cc2c(cc1N)CCC(=O)N2. The number of nitrogen functional groups attached to an aromatic ring is 1. The second-order valence-corrected chi connectivity index (χ2v) is 5.58. The van der Waals surface area contributed by atoms with Gasteiger partial charge >= 0.3 is 0 Å². The quantitative estimate of drug-likeness (QED) is 0.424. The fraction of sp³-hybridized carbons (Fsp3) is 0.357. The molecular formula is C14H19N3OS. The van der Waals surface area contributed by atoms with Crippen LogP contribution < -0.4 is 16.4 Å². The van der Waals surface area contributed by atoms with Crippen molar-refractivity contribution in [1.29, 1.82) is 0 Å². The highest BCUT2D eigenvalue weighted by Crippen LogP contribution is 2.30. The number of aryl methyl sites for hydroxylation is 1. The van der Waals surface area contributed by atoms with Crippen LogP contribution in [0, 0.1) is 0 Å². The molecule has 2 rings (SSSR count). The molecule has 1 aromatic carbocycles. The molecule has 102 valence electrons. The van der Waals surface area contributed by atoms with Crippen molar-refractivity contribution in [1.82, 2.24) is 0 Å². The number of nitrogens with one attached hydrogen (secondary N) is 2. The van der Waals surface area contributed by atoms with Gasteiger partial charge in [0, 0.05) is 30.2 Å². The normalized spacial score (nSPS) is 13.6. The molecule has 5 heteroatoms. The molecule has 0 bridgehead atoms. The molecule has 0 fully saturated rings. The van der Waals surface area contributed by atoms with Crippen LogP contribution in [0.4, 0.5) is 17.1 Å². The summed E-state index contributed by atoms with van der Waals surface area (Å²) < 4.78 is 0. The van der Waals surface area contributed by atoms with Crippen molar-refractivity contribution in [3.63, 3.8) is 0 Å². The average molecular weight is 277 g/mol. The van der Waals surface area contributed by atoms with E-state index >= 15 is 0 Å². The van der Waals surface area contributed by atoms with Gasteiger partial charge < -0.3 is 16.4 Å². The van der Waals surface area contributed by atoms with Crippen molar-refractivity contribution in [3.8, 4) is 0 Å². The second-order valence-electron chi connectivity index (χ2n) is 4.44. The number of hydrogen-bond donors (Lipinski definition) is 3. The molecule has 0 aliphatic carbocycles. The van der Waals surface area contributed by atoms with Gasteiger partial charge in [-0.3, -0.25) is 4.79 Å². The minimum Gasteiger partial charge on any atom is -0.397 e. The van der Waals surface area contributed by atoms with Gasteiger partial charge in [0.2, 0.25) is 5.91 Å². The van der Waals surface area contributed by atoms with Gasteiger partial charge in [0.15, 0.2) is 0 Å². The van der Waals surface area contributed by atoms with Crippen LogP contribution in [-0.2, 0) is 11.2 Å². The first-order chi connectivity index (χ1) is 9.20. The van der Waals surface area contributed by atoms with E-state index in [9.17, 15) is 4.79 Å². The molecule has 4 nitrogen and oxygen atoms in total. The number of nitrogens with two attached hydrogens (primary N) is 1. The molecule has 1 amide bonds. The second kappa shape index (κ2) is 6.52. The van der Waals surface area contributed by atoms with E-state index in [2.05, 4.69) is 17.2 Å². The van der Waals surface area contributed by atoms with Gasteiger partial charge in [0.05, 0.1) is 11.4 Å². The van der Waals surface area contributed by atoms with Gasteiger partial charge in [0.1, 0.15) is 0 Å². The summed E-state index contributed by atoms with van der Waals surface area (Å²) in [5, 5.41) is 6.19. The number of amides is 1. The van der Waals surface area contributed by atoms with Crippen molar-refractivity contribution in [2.24, 2.45) is 0 Å². The highest BCUT2D eigenvalue weighted by atomic mass is 32.2. The van der Waals surface area contributed by atoms with Gasteiger partial charge in [-0.15, -0.1) is 6.58 Å². The van der Waals surface area contributed by atoms with Gasteiger partial charge in [-0.2, -0.15) is 11.8 Å². The summed E-state index contributed by atoms with van der Waals surface area (Å²) in [6.07, 6.45) is 3.20. The van der Waals surface area contributed by atoms with E-state index in [4.69, 9.17) is 5.73 Å². The molecule has 1 aliphatic rings. The highest BCUT2D eigenvalue weighted by Gasteiger charge is 2.16. The van der Waals surface area contributed by atoms with Crippen LogP contribution in [0.15, 0.2) is 24.8 Å². The molecule has 0 radical (unpaired) electrons. The molecule has 0 saturated carbocycles. The topological polar surface area (TPSA) is 67.1 Å². The Morgan fingerprint density at radius 3 is 3.11 bits per heavy atom. The fourth-order valence-electron chi connectivity index (χ4n) is 2.03. The van der Waals surface area contributed by atoms with Crippen LogP contribution in [0.2, 0.25) is 0 Å². The van der Waals surface area contributed by atoms with Crippen LogP contribution in [0.3, 0.4) is 0 Å². The molecular weight excluding hydrogens is 258 g/mol. The maximum Gasteiger partial charge on any atom is 0.224 e. The Morgan fingerprint density at radius 1 is 1.47 bits per heavy atom. The minimum atomic E-state index is 0.0739. The molecule has 4 N–H and O–H groups in total. The minimum absolute atomic E-state index is 0.0739. The summed E-state index contributed by atoms with van der Waals surface area (Å²) in [7, 11) is 0. The molecule has 0 aromatic heterocycles. The zero-order chi connectivity index (χ0) is 13.7. The maximum absolute atomic E-state index is 11.4. The van der Waals surface area contributed by atoms with E-state index in [0.717, 1.165) is 47.1 Å². The third-order valence-electron chi connectivity index (χ3n) is 2.97. The largest absolute Gasteiger partial charge is 0.397 e. The number of fused-ring (bicyclic) bond motifs is 1. The Balaban J connectivity index is 1.98. The Morgan fingerprint density at radius 2 is 2.32 bits per heavy atom. The first-order valence-electron chi connectivity index (χ1n) is 6.35. The number of rotatable bonds is 6. The monoisotopic (exact) mass is 277 g/mol. The standard InChI is InChI=1S/C14H19N3OS/c1-2-6-19-7-5-16-13-9-12-10(8-11(13)15)3-4-14(18)17-12/h2,8-9,16H,1,3-7,15H2,(H,17,18). The smallest absolute Gasteiger partial charge is 0.224 e. The molecule has 1 aliphatic heterocycles. The molecule has 0 spiro atoms. The summed E-state index contributed by atoms with van der Waals surface area (Å²) in [5.74, 6) is 2.02. The van der Waals surface area contributed by atoms with E-state index in [0.29, 0.717) is 6.42 Å². The van der Waals surface area contributed by atoms with Crippen LogP contribution in [0.5, 0.6) is 0 Å². The van der Waals surface area contributed by atoms with Crippen molar-refractivity contribution in [3.05, 3.63) is 30.4 Å². The predicted molar refractivity (Wildman–Crippen MR) is 83.8 cm³/mol. The van der Waals surface area contributed by atoms with E-state index in [1.807, 2.05) is 30.0 Å². The Kier molecular flexibility index (Phi) is 4.74. The molecule has 19 heavy (non-hydrogen) atoms. The molecule has 1 heterocycles. The Labute approximate surface area is 117 Å². The fourth-order valence-corrected chi connectivity index (χ4v) is 2.61. The maximum atomic E-state index is 11.4. The third-order valence-corrected chi connectivity index (χ3v) is 3.93. The van der Waals surface area contributed by atoms with Crippen LogP contribution in [0.25, 0.3) is 0 Å². The predicted octanol–water partition coefficient (Wildman–Crippen LogP) is 2.48. The zero-order valence-electron chi connectivity index (χ0n) is 10.9. The van der Waals surface area contributed by atoms with Crippen LogP contribution in [-0.4, -0.2) is 24.0 Å². The van der Waals surface area contributed by atoms with Gasteiger partial charge in [0.25, 0.3) is 0 Å². The van der Waals surface area contributed by atoms with Gasteiger partial charge in [-0.05, 0) is 24.1 Å². The van der Waals surface area contributed by atoms with Crippen molar-refractivity contribution in [2.75, 3.05) is 34.4 Å². The number of anilines is 3.